The molecule has 3 heterocycles. The van der Waals surface area contributed by atoms with Crippen molar-refractivity contribution in [3.63, 3.8) is 0 Å². The van der Waals surface area contributed by atoms with Gasteiger partial charge in [-0.2, -0.15) is 0 Å². The fourth-order valence-corrected chi connectivity index (χ4v) is 4.05. The van der Waals surface area contributed by atoms with Gasteiger partial charge >= 0.3 is 0 Å². The van der Waals surface area contributed by atoms with Gasteiger partial charge in [0.25, 0.3) is 0 Å². The first-order valence-electron chi connectivity index (χ1n) is 9.21. The third-order valence-electron chi connectivity index (χ3n) is 5.50. The standard InChI is InChI=1S/C21H26N4/c1-15-7-6-8-16(2)24(15)14-19-21(17-9-4-3-5-10-17)23-20-12-11-18(22)13-25(19)20/h3-5,9-13,15-16H,6-8,14,22H2,1-2H3. The van der Waals surface area contributed by atoms with E-state index in [2.05, 4.69) is 47.4 Å². The molecule has 2 unspecified atom stereocenters. The third kappa shape index (κ3) is 3.02. The van der Waals surface area contributed by atoms with E-state index in [9.17, 15) is 0 Å². The smallest absolute Gasteiger partial charge is 0.137 e. The van der Waals surface area contributed by atoms with Crippen LogP contribution in [-0.2, 0) is 6.54 Å². The van der Waals surface area contributed by atoms with E-state index in [4.69, 9.17) is 10.7 Å². The fourth-order valence-electron chi connectivity index (χ4n) is 4.05. The third-order valence-corrected chi connectivity index (χ3v) is 5.50. The predicted octanol–water partition coefficient (Wildman–Crippen LogP) is 4.35. The zero-order valence-corrected chi connectivity index (χ0v) is 15.0. The van der Waals surface area contributed by atoms with Gasteiger partial charge in [-0.3, -0.25) is 4.90 Å². The van der Waals surface area contributed by atoms with Crippen molar-refractivity contribution in [3.05, 3.63) is 54.4 Å². The number of likely N-dealkylation sites (tertiary alicyclic amines) is 1. The highest BCUT2D eigenvalue weighted by Gasteiger charge is 2.27. The van der Waals surface area contributed by atoms with E-state index in [1.54, 1.807) is 0 Å². The summed E-state index contributed by atoms with van der Waals surface area (Å²) in [6, 6.07) is 15.6. The molecule has 0 aliphatic carbocycles. The van der Waals surface area contributed by atoms with Crippen LogP contribution in [0.15, 0.2) is 48.7 Å². The molecule has 4 heteroatoms. The number of hydrogen-bond acceptors (Lipinski definition) is 3. The molecule has 1 aliphatic heterocycles. The van der Waals surface area contributed by atoms with Crippen LogP contribution >= 0.6 is 0 Å². The molecule has 2 aromatic heterocycles. The molecule has 1 aliphatic rings. The maximum absolute atomic E-state index is 6.07. The Morgan fingerprint density at radius 3 is 2.48 bits per heavy atom. The number of nitrogen functional groups attached to an aromatic ring is 1. The van der Waals surface area contributed by atoms with E-state index in [0.29, 0.717) is 12.1 Å². The Morgan fingerprint density at radius 1 is 1.04 bits per heavy atom. The summed E-state index contributed by atoms with van der Waals surface area (Å²) in [6.07, 6.45) is 5.86. The van der Waals surface area contributed by atoms with Crippen LogP contribution in [0, 0.1) is 0 Å². The van der Waals surface area contributed by atoms with E-state index in [-0.39, 0.29) is 0 Å². The molecule has 1 saturated heterocycles. The van der Waals surface area contributed by atoms with E-state index >= 15 is 0 Å². The number of anilines is 1. The molecule has 0 amide bonds. The first kappa shape index (κ1) is 16.2. The van der Waals surface area contributed by atoms with Crippen molar-refractivity contribution in [2.24, 2.45) is 0 Å². The Kier molecular flexibility index (Phi) is 4.22. The highest BCUT2D eigenvalue weighted by molar-refractivity contribution is 5.67. The molecule has 0 radical (unpaired) electrons. The highest BCUT2D eigenvalue weighted by Crippen LogP contribution is 2.30. The normalized spacial score (nSPS) is 21.7. The van der Waals surface area contributed by atoms with Crippen molar-refractivity contribution in [3.8, 4) is 11.3 Å². The minimum atomic E-state index is 0.596. The predicted molar refractivity (Wildman–Crippen MR) is 103 cm³/mol. The van der Waals surface area contributed by atoms with Gasteiger partial charge in [0, 0.05) is 36.1 Å². The number of imidazole rings is 1. The van der Waals surface area contributed by atoms with Gasteiger partial charge in [-0.1, -0.05) is 36.8 Å². The van der Waals surface area contributed by atoms with Gasteiger partial charge in [0.1, 0.15) is 5.65 Å². The Hall–Kier alpha value is -2.33. The quantitative estimate of drug-likeness (QED) is 0.775. The van der Waals surface area contributed by atoms with E-state index in [1.807, 2.05) is 24.4 Å². The lowest BCUT2D eigenvalue weighted by Gasteiger charge is -2.39. The summed E-state index contributed by atoms with van der Waals surface area (Å²) in [5, 5.41) is 0. The second kappa shape index (κ2) is 6.52. The molecule has 4 nitrogen and oxygen atoms in total. The van der Waals surface area contributed by atoms with Gasteiger partial charge in [0.05, 0.1) is 11.4 Å². The van der Waals surface area contributed by atoms with E-state index in [1.165, 1.54) is 25.0 Å². The minimum absolute atomic E-state index is 0.596. The van der Waals surface area contributed by atoms with Crippen molar-refractivity contribution in [1.29, 1.82) is 0 Å². The summed E-state index contributed by atoms with van der Waals surface area (Å²) in [6.45, 7) is 5.59. The molecule has 0 bridgehead atoms. The average Bonchev–Trinajstić information content (AvgIpc) is 2.97. The zero-order chi connectivity index (χ0) is 17.4. The van der Waals surface area contributed by atoms with Gasteiger partial charge in [0.15, 0.2) is 0 Å². The summed E-state index contributed by atoms with van der Waals surface area (Å²) in [5.74, 6) is 0. The number of fused-ring (bicyclic) bond motifs is 1. The molecule has 3 aromatic rings. The summed E-state index contributed by atoms with van der Waals surface area (Å²) < 4.78 is 2.17. The lowest BCUT2D eigenvalue weighted by molar-refractivity contribution is 0.0937. The van der Waals surface area contributed by atoms with Crippen LogP contribution in [0.4, 0.5) is 5.69 Å². The maximum atomic E-state index is 6.07. The van der Waals surface area contributed by atoms with Crippen LogP contribution in [-0.4, -0.2) is 26.4 Å². The first-order chi connectivity index (χ1) is 12.1. The van der Waals surface area contributed by atoms with Crippen molar-refractivity contribution in [1.82, 2.24) is 14.3 Å². The topological polar surface area (TPSA) is 46.6 Å². The molecule has 1 fully saturated rings. The monoisotopic (exact) mass is 334 g/mol. The number of benzene rings is 1. The Morgan fingerprint density at radius 2 is 1.76 bits per heavy atom. The molecular weight excluding hydrogens is 308 g/mol. The molecule has 2 N–H and O–H groups in total. The number of piperidine rings is 1. The lowest BCUT2D eigenvalue weighted by Crippen LogP contribution is -2.43. The SMILES string of the molecule is CC1CCCC(C)N1Cc1c(-c2ccccc2)nc2ccc(N)cn12. The minimum Gasteiger partial charge on any atom is -0.398 e. The van der Waals surface area contributed by atoms with Crippen LogP contribution in [0.25, 0.3) is 16.9 Å². The van der Waals surface area contributed by atoms with Gasteiger partial charge in [-0.05, 0) is 38.8 Å². The summed E-state index contributed by atoms with van der Waals surface area (Å²) in [7, 11) is 0. The number of aromatic nitrogens is 2. The highest BCUT2D eigenvalue weighted by atomic mass is 15.2. The molecule has 25 heavy (non-hydrogen) atoms. The number of hydrogen-bond donors (Lipinski definition) is 1. The van der Waals surface area contributed by atoms with Crippen LogP contribution in [0.5, 0.6) is 0 Å². The van der Waals surface area contributed by atoms with E-state index < -0.39 is 0 Å². The summed E-state index contributed by atoms with van der Waals surface area (Å²) in [5.41, 5.74) is 11.3. The number of nitrogens with zero attached hydrogens (tertiary/aromatic N) is 3. The lowest BCUT2D eigenvalue weighted by atomic mass is 9.97. The van der Waals surface area contributed by atoms with Gasteiger partial charge in [0.2, 0.25) is 0 Å². The molecule has 0 spiro atoms. The Labute approximate surface area is 149 Å². The van der Waals surface area contributed by atoms with Gasteiger partial charge < -0.3 is 10.1 Å². The molecular formula is C21H26N4. The first-order valence-corrected chi connectivity index (χ1v) is 9.21. The Bertz CT molecular complexity index is 858. The average molecular weight is 334 g/mol. The molecule has 0 saturated carbocycles. The summed E-state index contributed by atoms with van der Waals surface area (Å²) in [4.78, 5) is 7.53. The molecule has 130 valence electrons. The summed E-state index contributed by atoms with van der Waals surface area (Å²) >= 11 is 0. The van der Waals surface area contributed by atoms with Crippen LogP contribution in [0.3, 0.4) is 0 Å². The van der Waals surface area contributed by atoms with Gasteiger partial charge in [-0.25, -0.2) is 4.98 Å². The zero-order valence-electron chi connectivity index (χ0n) is 15.0. The number of pyridine rings is 1. The number of rotatable bonds is 3. The Balaban J connectivity index is 1.84. The molecule has 4 rings (SSSR count). The van der Waals surface area contributed by atoms with Crippen LogP contribution in [0.1, 0.15) is 38.8 Å². The second-order valence-electron chi connectivity index (χ2n) is 7.27. The van der Waals surface area contributed by atoms with Gasteiger partial charge in [-0.15, -0.1) is 0 Å². The van der Waals surface area contributed by atoms with Crippen LogP contribution in [0.2, 0.25) is 0 Å². The largest absolute Gasteiger partial charge is 0.398 e. The van der Waals surface area contributed by atoms with Crippen molar-refractivity contribution in [2.75, 3.05) is 5.73 Å². The maximum Gasteiger partial charge on any atom is 0.137 e. The van der Waals surface area contributed by atoms with Crippen molar-refractivity contribution >= 4 is 11.3 Å². The van der Waals surface area contributed by atoms with E-state index in [0.717, 1.165) is 29.1 Å². The molecule has 1 aromatic carbocycles. The molecule has 2 atom stereocenters. The number of nitrogens with two attached hydrogens (primary N) is 1. The second-order valence-corrected chi connectivity index (χ2v) is 7.27. The van der Waals surface area contributed by atoms with Crippen LogP contribution < -0.4 is 5.73 Å². The van der Waals surface area contributed by atoms with Crippen molar-refractivity contribution < 1.29 is 0 Å². The fraction of sp³-hybridized carbons (Fsp3) is 0.381. The van der Waals surface area contributed by atoms with Crippen molar-refractivity contribution in [2.45, 2.75) is 51.7 Å².